The van der Waals surface area contributed by atoms with Crippen LogP contribution in [0.3, 0.4) is 0 Å². The average Bonchev–Trinajstić information content (AvgIpc) is 3.17. The van der Waals surface area contributed by atoms with Crippen molar-refractivity contribution in [2.45, 2.75) is 19.8 Å². The fourth-order valence-corrected chi connectivity index (χ4v) is 4.96. The van der Waals surface area contributed by atoms with E-state index in [2.05, 4.69) is 9.88 Å². The molecule has 0 spiro atoms. The number of amides is 2. The lowest BCUT2D eigenvalue weighted by Crippen LogP contribution is -2.53. The topological polar surface area (TPSA) is 66.0 Å². The van der Waals surface area contributed by atoms with Crippen LogP contribution < -0.4 is 4.90 Å². The molecule has 0 N–H and O–H groups in total. The van der Waals surface area contributed by atoms with Crippen LogP contribution in [0.25, 0.3) is 10.2 Å². The summed E-state index contributed by atoms with van der Waals surface area (Å²) in [5, 5.41) is 0.888. The molecule has 0 bridgehead atoms. The molecule has 29 heavy (non-hydrogen) atoms. The van der Waals surface area contributed by atoms with Crippen LogP contribution in [0.2, 0.25) is 0 Å². The first kappa shape index (κ1) is 19.9. The van der Waals surface area contributed by atoms with Crippen LogP contribution in [0.5, 0.6) is 0 Å². The molecule has 2 aliphatic heterocycles. The molecule has 0 aliphatic carbocycles. The second-order valence-electron chi connectivity index (χ2n) is 7.38. The van der Waals surface area contributed by atoms with E-state index in [4.69, 9.17) is 4.74 Å². The van der Waals surface area contributed by atoms with Gasteiger partial charge in [-0.25, -0.2) is 14.2 Å². The van der Waals surface area contributed by atoms with E-state index in [1.54, 1.807) is 17.9 Å². The van der Waals surface area contributed by atoms with Crippen LogP contribution in [0.4, 0.5) is 14.3 Å². The van der Waals surface area contributed by atoms with Gasteiger partial charge in [0.25, 0.3) is 0 Å². The maximum absolute atomic E-state index is 13.4. The lowest BCUT2D eigenvalue weighted by Gasteiger charge is -2.38. The molecule has 156 valence electrons. The van der Waals surface area contributed by atoms with Crippen LogP contribution in [0.1, 0.15) is 19.8 Å². The van der Waals surface area contributed by atoms with Gasteiger partial charge in [0.05, 0.1) is 16.8 Å². The first-order chi connectivity index (χ1) is 14.0. The Hall–Kier alpha value is -2.42. The third-order valence-electron chi connectivity index (χ3n) is 5.57. The Kier molecular flexibility index (Phi) is 5.84. The zero-order chi connectivity index (χ0) is 20.4. The van der Waals surface area contributed by atoms with Gasteiger partial charge in [0.1, 0.15) is 5.82 Å². The number of piperazine rings is 1. The summed E-state index contributed by atoms with van der Waals surface area (Å²) in [5.41, 5.74) is 0.809. The highest BCUT2D eigenvalue weighted by Crippen LogP contribution is 2.32. The Morgan fingerprint density at radius 2 is 1.83 bits per heavy atom. The lowest BCUT2D eigenvalue weighted by atomic mass is 9.95. The molecule has 1 aromatic carbocycles. The number of benzene rings is 1. The van der Waals surface area contributed by atoms with Crippen LogP contribution in [-0.4, -0.2) is 72.7 Å². The molecular formula is C20H25FN4O3S. The van der Waals surface area contributed by atoms with E-state index in [-0.39, 0.29) is 23.7 Å². The summed E-state index contributed by atoms with van der Waals surface area (Å²) in [7, 11) is 0. The standard InChI is InChI=1S/C20H25FN4O3S/c1-2-28-20(27)25-11-9-23(10-12-25)18(26)14-5-7-24(8-6-14)19-22-16-4-3-15(21)13-17(16)29-19/h3-4,13-14H,2,5-12H2,1H3. The minimum Gasteiger partial charge on any atom is -0.450 e. The average molecular weight is 421 g/mol. The number of rotatable bonds is 3. The van der Waals surface area contributed by atoms with E-state index >= 15 is 0 Å². The van der Waals surface area contributed by atoms with Gasteiger partial charge < -0.3 is 19.4 Å². The molecule has 2 aliphatic rings. The van der Waals surface area contributed by atoms with Crippen molar-refractivity contribution in [1.29, 1.82) is 0 Å². The summed E-state index contributed by atoms with van der Waals surface area (Å²) in [6.07, 6.45) is 1.26. The minimum atomic E-state index is -0.302. The first-order valence-corrected chi connectivity index (χ1v) is 10.9. The molecule has 9 heteroatoms. The normalized spacial score (nSPS) is 18.3. The fraction of sp³-hybridized carbons (Fsp3) is 0.550. The number of hydrogen-bond acceptors (Lipinski definition) is 6. The molecule has 3 heterocycles. The molecule has 2 fully saturated rings. The van der Waals surface area contributed by atoms with Crippen LogP contribution in [0.15, 0.2) is 18.2 Å². The van der Waals surface area contributed by atoms with Crippen molar-refractivity contribution < 1.29 is 18.7 Å². The van der Waals surface area contributed by atoms with Crippen molar-refractivity contribution in [3.8, 4) is 0 Å². The van der Waals surface area contributed by atoms with E-state index in [0.29, 0.717) is 32.8 Å². The van der Waals surface area contributed by atoms with Gasteiger partial charge in [-0.15, -0.1) is 0 Å². The molecule has 2 saturated heterocycles. The Labute approximate surface area is 173 Å². The number of hydrogen-bond donors (Lipinski definition) is 0. The van der Waals surface area contributed by atoms with E-state index in [1.165, 1.54) is 23.5 Å². The zero-order valence-electron chi connectivity index (χ0n) is 16.5. The van der Waals surface area contributed by atoms with Gasteiger partial charge in [0.2, 0.25) is 5.91 Å². The number of anilines is 1. The lowest BCUT2D eigenvalue weighted by molar-refractivity contribution is -0.137. The van der Waals surface area contributed by atoms with Crippen molar-refractivity contribution in [3.05, 3.63) is 24.0 Å². The van der Waals surface area contributed by atoms with Gasteiger partial charge in [0.15, 0.2) is 5.13 Å². The molecule has 0 unspecified atom stereocenters. The fourth-order valence-electron chi connectivity index (χ4n) is 3.92. The summed E-state index contributed by atoms with van der Waals surface area (Å²) in [6.45, 7) is 5.83. The Morgan fingerprint density at radius 1 is 1.14 bits per heavy atom. The quantitative estimate of drug-likeness (QED) is 0.764. The molecule has 4 rings (SSSR count). The monoisotopic (exact) mass is 420 g/mol. The van der Waals surface area contributed by atoms with Crippen LogP contribution in [-0.2, 0) is 9.53 Å². The summed E-state index contributed by atoms with van der Waals surface area (Å²) < 4.78 is 19.3. The summed E-state index contributed by atoms with van der Waals surface area (Å²) in [5.74, 6) is -0.0631. The SMILES string of the molecule is CCOC(=O)N1CCN(C(=O)C2CCN(c3nc4ccc(F)cc4s3)CC2)CC1. The van der Waals surface area contributed by atoms with Gasteiger partial charge in [0, 0.05) is 45.2 Å². The number of aromatic nitrogens is 1. The third-order valence-corrected chi connectivity index (χ3v) is 6.65. The second-order valence-corrected chi connectivity index (χ2v) is 8.39. The molecule has 7 nitrogen and oxygen atoms in total. The van der Waals surface area contributed by atoms with E-state index in [0.717, 1.165) is 41.3 Å². The number of carbonyl (C=O) groups is 2. The summed E-state index contributed by atoms with van der Waals surface area (Å²) in [4.78, 5) is 35.0. The molecule has 0 atom stereocenters. The highest BCUT2D eigenvalue weighted by atomic mass is 32.1. The molecule has 0 radical (unpaired) electrons. The van der Waals surface area contributed by atoms with Crippen molar-refractivity contribution in [2.24, 2.45) is 5.92 Å². The van der Waals surface area contributed by atoms with Gasteiger partial charge in [-0.3, -0.25) is 4.79 Å². The number of fused-ring (bicyclic) bond motifs is 1. The number of carbonyl (C=O) groups excluding carboxylic acids is 2. The number of halogens is 1. The van der Waals surface area contributed by atoms with Crippen LogP contribution >= 0.6 is 11.3 Å². The second kappa shape index (κ2) is 8.52. The minimum absolute atomic E-state index is 0.00668. The Bertz CT molecular complexity index is 889. The first-order valence-electron chi connectivity index (χ1n) is 10.1. The van der Waals surface area contributed by atoms with Crippen molar-refractivity contribution in [3.63, 3.8) is 0 Å². The van der Waals surface area contributed by atoms with E-state index < -0.39 is 0 Å². The number of ether oxygens (including phenoxy) is 1. The molecular weight excluding hydrogens is 395 g/mol. The highest BCUT2D eigenvalue weighted by Gasteiger charge is 2.32. The van der Waals surface area contributed by atoms with Gasteiger partial charge in [-0.1, -0.05) is 11.3 Å². The molecule has 0 saturated carbocycles. The molecule has 2 aromatic rings. The molecule has 2 amide bonds. The zero-order valence-corrected chi connectivity index (χ0v) is 17.3. The van der Waals surface area contributed by atoms with Gasteiger partial charge in [-0.2, -0.15) is 0 Å². The number of nitrogens with zero attached hydrogens (tertiary/aromatic N) is 4. The Morgan fingerprint density at radius 3 is 2.52 bits per heavy atom. The van der Waals surface area contributed by atoms with Crippen LogP contribution in [0, 0.1) is 11.7 Å². The largest absolute Gasteiger partial charge is 0.450 e. The Balaban J connectivity index is 1.30. The highest BCUT2D eigenvalue weighted by molar-refractivity contribution is 7.22. The third kappa shape index (κ3) is 4.29. The van der Waals surface area contributed by atoms with E-state index in [9.17, 15) is 14.0 Å². The predicted molar refractivity (Wildman–Crippen MR) is 110 cm³/mol. The van der Waals surface area contributed by atoms with E-state index in [1.807, 2.05) is 4.90 Å². The number of piperidine rings is 1. The van der Waals surface area contributed by atoms with Crippen molar-refractivity contribution >= 4 is 38.7 Å². The predicted octanol–water partition coefficient (Wildman–Crippen LogP) is 2.95. The number of thiazole rings is 1. The van der Waals surface area contributed by atoms with Gasteiger partial charge >= 0.3 is 6.09 Å². The maximum atomic E-state index is 13.4. The summed E-state index contributed by atoms with van der Waals surface area (Å²) in [6, 6.07) is 4.65. The smallest absolute Gasteiger partial charge is 0.409 e. The maximum Gasteiger partial charge on any atom is 0.409 e. The van der Waals surface area contributed by atoms with Crippen molar-refractivity contribution in [2.75, 3.05) is 50.8 Å². The van der Waals surface area contributed by atoms with Gasteiger partial charge in [-0.05, 0) is 38.0 Å². The van der Waals surface area contributed by atoms with Crippen molar-refractivity contribution in [1.82, 2.24) is 14.8 Å². The molecule has 1 aromatic heterocycles. The summed E-state index contributed by atoms with van der Waals surface area (Å²) >= 11 is 1.49.